The SMILES string of the molecule is O=C(O)c1cccc(CNCc2cccc(O)c2)c1. The highest BCUT2D eigenvalue weighted by atomic mass is 16.4. The summed E-state index contributed by atoms with van der Waals surface area (Å²) in [5, 5.41) is 21.4. The van der Waals surface area contributed by atoms with Gasteiger partial charge in [0.25, 0.3) is 0 Å². The summed E-state index contributed by atoms with van der Waals surface area (Å²) in [6.07, 6.45) is 0. The molecule has 98 valence electrons. The summed E-state index contributed by atoms with van der Waals surface area (Å²) in [5.41, 5.74) is 2.19. The molecule has 2 aromatic carbocycles. The second-order valence-corrected chi connectivity index (χ2v) is 4.28. The van der Waals surface area contributed by atoms with Gasteiger partial charge in [0, 0.05) is 13.1 Å². The fraction of sp³-hybridized carbons (Fsp3) is 0.133. The molecule has 0 fully saturated rings. The second kappa shape index (κ2) is 6.02. The first-order valence-electron chi connectivity index (χ1n) is 5.96. The van der Waals surface area contributed by atoms with Crippen molar-refractivity contribution < 1.29 is 15.0 Å². The number of carboxylic acid groups (broad SMARTS) is 1. The van der Waals surface area contributed by atoms with Gasteiger partial charge in [-0.25, -0.2) is 4.79 Å². The fourth-order valence-corrected chi connectivity index (χ4v) is 1.83. The lowest BCUT2D eigenvalue weighted by Crippen LogP contribution is -2.13. The largest absolute Gasteiger partial charge is 0.508 e. The Morgan fingerprint density at radius 2 is 1.63 bits per heavy atom. The Labute approximate surface area is 111 Å². The summed E-state index contributed by atoms with van der Waals surface area (Å²) in [7, 11) is 0. The third-order valence-electron chi connectivity index (χ3n) is 2.74. The van der Waals surface area contributed by atoms with Gasteiger partial charge in [-0.15, -0.1) is 0 Å². The van der Waals surface area contributed by atoms with Gasteiger partial charge in [-0.05, 0) is 35.4 Å². The highest BCUT2D eigenvalue weighted by Crippen LogP contribution is 2.11. The summed E-state index contributed by atoms with van der Waals surface area (Å²) in [6.45, 7) is 1.20. The zero-order valence-corrected chi connectivity index (χ0v) is 10.3. The predicted molar refractivity (Wildman–Crippen MR) is 72.1 cm³/mol. The first-order valence-corrected chi connectivity index (χ1v) is 5.96. The Hall–Kier alpha value is -2.33. The quantitative estimate of drug-likeness (QED) is 0.769. The standard InChI is InChI=1S/C15H15NO3/c17-14-6-2-4-12(8-14)10-16-9-11-3-1-5-13(7-11)15(18)19/h1-8,16-17H,9-10H2,(H,18,19). The van der Waals surface area contributed by atoms with Gasteiger partial charge in [-0.1, -0.05) is 24.3 Å². The third kappa shape index (κ3) is 3.82. The van der Waals surface area contributed by atoms with Crippen molar-refractivity contribution in [2.45, 2.75) is 13.1 Å². The molecule has 2 aromatic rings. The monoisotopic (exact) mass is 257 g/mol. The van der Waals surface area contributed by atoms with Crippen LogP contribution in [-0.2, 0) is 13.1 Å². The summed E-state index contributed by atoms with van der Waals surface area (Å²) >= 11 is 0. The smallest absolute Gasteiger partial charge is 0.335 e. The molecule has 0 aromatic heterocycles. The Kier molecular flexibility index (Phi) is 4.15. The van der Waals surface area contributed by atoms with Crippen molar-refractivity contribution in [1.29, 1.82) is 0 Å². The number of benzene rings is 2. The van der Waals surface area contributed by atoms with Crippen molar-refractivity contribution >= 4 is 5.97 Å². The van der Waals surface area contributed by atoms with Crippen molar-refractivity contribution in [2.24, 2.45) is 0 Å². The number of phenolic OH excluding ortho intramolecular Hbond substituents is 1. The highest BCUT2D eigenvalue weighted by molar-refractivity contribution is 5.87. The molecule has 4 heteroatoms. The minimum atomic E-state index is -0.921. The van der Waals surface area contributed by atoms with Crippen LogP contribution in [0.25, 0.3) is 0 Å². The lowest BCUT2D eigenvalue weighted by atomic mass is 10.1. The predicted octanol–water partition coefficient (Wildman–Crippen LogP) is 2.38. The average molecular weight is 257 g/mol. The second-order valence-electron chi connectivity index (χ2n) is 4.28. The summed E-state index contributed by atoms with van der Waals surface area (Å²) in [5.74, 6) is -0.679. The van der Waals surface area contributed by atoms with Gasteiger partial charge in [0.15, 0.2) is 0 Å². The Balaban J connectivity index is 1.92. The van der Waals surface area contributed by atoms with Gasteiger partial charge in [-0.2, -0.15) is 0 Å². The van der Waals surface area contributed by atoms with E-state index in [-0.39, 0.29) is 11.3 Å². The van der Waals surface area contributed by atoms with Crippen LogP contribution in [0.1, 0.15) is 21.5 Å². The molecule has 0 aliphatic rings. The molecule has 0 amide bonds. The highest BCUT2D eigenvalue weighted by Gasteiger charge is 2.02. The minimum Gasteiger partial charge on any atom is -0.508 e. The Morgan fingerprint density at radius 1 is 1.00 bits per heavy atom. The van der Waals surface area contributed by atoms with Gasteiger partial charge in [0.1, 0.15) is 5.75 Å². The van der Waals surface area contributed by atoms with E-state index in [1.54, 1.807) is 36.4 Å². The molecular weight excluding hydrogens is 242 g/mol. The van der Waals surface area contributed by atoms with Crippen LogP contribution in [0.5, 0.6) is 5.75 Å². The number of hydrogen-bond acceptors (Lipinski definition) is 3. The van der Waals surface area contributed by atoms with Crippen LogP contribution in [0.15, 0.2) is 48.5 Å². The van der Waals surface area contributed by atoms with Gasteiger partial charge < -0.3 is 15.5 Å². The van der Waals surface area contributed by atoms with Gasteiger partial charge in [0.2, 0.25) is 0 Å². The number of rotatable bonds is 5. The lowest BCUT2D eigenvalue weighted by molar-refractivity contribution is 0.0696. The van der Waals surface area contributed by atoms with Crippen molar-refractivity contribution in [3.63, 3.8) is 0 Å². The number of carboxylic acids is 1. The van der Waals surface area contributed by atoms with E-state index in [4.69, 9.17) is 5.11 Å². The maximum atomic E-state index is 10.8. The van der Waals surface area contributed by atoms with Crippen molar-refractivity contribution in [3.8, 4) is 5.75 Å². The molecule has 3 N–H and O–H groups in total. The third-order valence-corrected chi connectivity index (χ3v) is 2.74. The molecule has 0 bridgehead atoms. The molecule has 0 radical (unpaired) electrons. The molecule has 2 rings (SSSR count). The number of hydrogen-bond donors (Lipinski definition) is 3. The molecule has 0 unspecified atom stereocenters. The van der Waals surface area contributed by atoms with Gasteiger partial charge in [0.05, 0.1) is 5.56 Å². The van der Waals surface area contributed by atoms with Crippen LogP contribution in [-0.4, -0.2) is 16.2 Å². The molecule has 0 aliphatic carbocycles. The average Bonchev–Trinajstić information content (AvgIpc) is 2.39. The van der Waals surface area contributed by atoms with Gasteiger partial charge >= 0.3 is 5.97 Å². The number of carbonyl (C=O) groups is 1. The molecule has 0 heterocycles. The summed E-state index contributed by atoms with van der Waals surface area (Å²) in [4.78, 5) is 10.8. The maximum Gasteiger partial charge on any atom is 0.335 e. The van der Waals surface area contributed by atoms with Crippen LogP contribution in [0.3, 0.4) is 0 Å². The van der Waals surface area contributed by atoms with E-state index in [2.05, 4.69) is 5.32 Å². The summed E-state index contributed by atoms with van der Waals surface area (Å²) < 4.78 is 0. The molecule has 0 saturated carbocycles. The number of aromatic hydroxyl groups is 1. The number of aromatic carboxylic acids is 1. The van der Waals surface area contributed by atoms with Crippen molar-refractivity contribution in [2.75, 3.05) is 0 Å². The minimum absolute atomic E-state index is 0.243. The Morgan fingerprint density at radius 3 is 2.26 bits per heavy atom. The molecule has 0 spiro atoms. The van der Waals surface area contributed by atoms with Crippen molar-refractivity contribution in [3.05, 3.63) is 65.2 Å². The zero-order chi connectivity index (χ0) is 13.7. The number of phenols is 1. The molecule has 0 saturated heterocycles. The van der Waals surface area contributed by atoms with E-state index in [0.717, 1.165) is 11.1 Å². The molecule has 0 aliphatic heterocycles. The first kappa shape index (κ1) is 13.1. The van der Waals surface area contributed by atoms with E-state index in [1.807, 2.05) is 12.1 Å². The number of nitrogens with one attached hydrogen (secondary N) is 1. The van der Waals surface area contributed by atoms with Crippen LogP contribution in [0, 0.1) is 0 Å². The van der Waals surface area contributed by atoms with E-state index in [1.165, 1.54) is 0 Å². The topological polar surface area (TPSA) is 69.6 Å². The molecule has 0 atom stereocenters. The van der Waals surface area contributed by atoms with Crippen LogP contribution in [0.4, 0.5) is 0 Å². The maximum absolute atomic E-state index is 10.8. The van der Waals surface area contributed by atoms with E-state index >= 15 is 0 Å². The van der Waals surface area contributed by atoms with Crippen LogP contribution in [0.2, 0.25) is 0 Å². The summed E-state index contributed by atoms with van der Waals surface area (Å²) in [6, 6.07) is 13.9. The first-order chi connectivity index (χ1) is 9.15. The van der Waals surface area contributed by atoms with Crippen molar-refractivity contribution in [1.82, 2.24) is 5.32 Å². The Bertz CT molecular complexity index is 581. The van der Waals surface area contributed by atoms with E-state index in [0.29, 0.717) is 13.1 Å². The van der Waals surface area contributed by atoms with Crippen LogP contribution >= 0.6 is 0 Å². The van der Waals surface area contributed by atoms with Crippen LogP contribution < -0.4 is 5.32 Å². The molecule has 19 heavy (non-hydrogen) atoms. The molecular formula is C15H15NO3. The molecule has 4 nitrogen and oxygen atoms in total. The fourth-order valence-electron chi connectivity index (χ4n) is 1.83. The van der Waals surface area contributed by atoms with Gasteiger partial charge in [-0.3, -0.25) is 0 Å². The zero-order valence-electron chi connectivity index (χ0n) is 10.3. The normalized spacial score (nSPS) is 10.3. The van der Waals surface area contributed by atoms with E-state index < -0.39 is 5.97 Å². The lowest BCUT2D eigenvalue weighted by Gasteiger charge is -2.06. The van der Waals surface area contributed by atoms with E-state index in [9.17, 15) is 9.90 Å².